The van der Waals surface area contributed by atoms with Gasteiger partial charge < -0.3 is 15.3 Å². The van der Waals surface area contributed by atoms with Crippen LogP contribution >= 0.6 is 0 Å². The van der Waals surface area contributed by atoms with E-state index in [1.165, 1.54) is 0 Å². The van der Waals surface area contributed by atoms with Crippen molar-refractivity contribution in [1.82, 2.24) is 10.2 Å². The van der Waals surface area contributed by atoms with Gasteiger partial charge in [-0.15, -0.1) is 6.42 Å². The lowest BCUT2D eigenvalue weighted by Gasteiger charge is -2.29. The number of terminal acetylenes is 1. The molecule has 0 unspecified atom stereocenters. The third-order valence-electron chi connectivity index (χ3n) is 4.19. The van der Waals surface area contributed by atoms with Gasteiger partial charge in [0.05, 0.1) is 12.5 Å². The number of hydrogen-bond donors (Lipinski definition) is 2. The summed E-state index contributed by atoms with van der Waals surface area (Å²) in [6.07, 6.45) is 7.96. The van der Waals surface area contributed by atoms with Crippen molar-refractivity contribution in [3.8, 4) is 12.3 Å². The smallest absolute Gasteiger partial charge is 0.318 e. The van der Waals surface area contributed by atoms with Crippen molar-refractivity contribution in [3.63, 3.8) is 0 Å². The standard InChI is InChI=1S/C18H22N2O3/c1-2-12-20(13-14-6-4-3-5-7-14)18(23)19-16-10-8-15(9-11-16)17(21)22/h1,3-7,15-16H,8-13H2,(H,19,23)(H,21,22). The van der Waals surface area contributed by atoms with E-state index in [1.807, 2.05) is 30.3 Å². The fraction of sp³-hybridized carbons (Fsp3) is 0.444. The second kappa shape index (κ2) is 8.23. The minimum atomic E-state index is -0.743. The van der Waals surface area contributed by atoms with Crippen molar-refractivity contribution in [2.75, 3.05) is 6.54 Å². The molecule has 1 aromatic carbocycles. The Bertz CT molecular complexity index is 572. The molecule has 0 aliphatic heterocycles. The van der Waals surface area contributed by atoms with Crippen molar-refractivity contribution >= 4 is 12.0 Å². The molecule has 0 atom stereocenters. The van der Waals surface area contributed by atoms with Gasteiger partial charge in [-0.3, -0.25) is 4.79 Å². The third-order valence-corrected chi connectivity index (χ3v) is 4.19. The summed E-state index contributed by atoms with van der Waals surface area (Å²) in [5.41, 5.74) is 1.02. The molecular formula is C18H22N2O3. The Labute approximate surface area is 136 Å². The molecule has 2 rings (SSSR count). The van der Waals surface area contributed by atoms with Gasteiger partial charge in [0.25, 0.3) is 0 Å². The SMILES string of the molecule is C#CCN(Cc1ccccc1)C(=O)NC1CCC(C(=O)O)CC1. The molecule has 0 saturated heterocycles. The number of rotatable bonds is 5. The number of nitrogens with zero attached hydrogens (tertiary/aromatic N) is 1. The summed E-state index contributed by atoms with van der Waals surface area (Å²) in [5, 5.41) is 12.0. The Kier molecular flexibility index (Phi) is 6.04. The first-order valence-corrected chi connectivity index (χ1v) is 7.85. The van der Waals surface area contributed by atoms with Crippen LogP contribution in [0.5, 0.6) is 0 Å². The second-order valence-corrected chi connectivity index (χ2v) is 5.88. The Morgan fingerprint density at radius 1 is 1.22 bits per heavy atom. The number of benzene rings is 1. The van der Waals surface area contributed by atoms with Crippen LogP contribution in [0.15, 0.2) is 30.3 Å². The van der Waals surface area contributed by atoms with Crippen molar-refractivity contribution in [2.24, 2.45) is 5.92 Å². The van der Waals surface area contributed by atoms with Crippen LogP contribution < -0.4 is 5.32 Å². The molecule has 1 aromatic rings. The highest BCUT2D eigenvalue weighted by molar-refractivity contribution is 5.75. The quantitative estimate of drug-likeness (QED) is 0.820. The van der Waals surface area contributed by atoms with E-state index in [2.05, 4.69) is 11.2 Å². The van der Waals surface area contributed by atoms with Crippen molar-refractivity contribution in [2.45, 2.75) is 38.3 Å². The zero-order valence-electron chi connectivity index (χ0n) is 13.1. The van der Waals surface area contributed by atoms with E-state index in [9.17, 15) is 9.59 Å². The van der Waals surface area contributed by atoms with Gasteiger partial charge in [0.1, 0.15) is 0 Å². The Morgan fingerprint density at radius 2 is 1.87 bits per heavy atom. The van der Waals surface area contributed by atoms with Gasteiger partial charge in [0.15, 0.2) is 0 Å². The average molecular weight is 314 g/mol. The molecule has 0 spiro atoms. The molecule has 5 nitrogen and oxygen atoms in total. The Morgan fingerprint density at radius 3 is 2.43 bits per heavy atom. The summed E-state index contributed by atoms with van der Waals surface area (Å²) in [6, 6.07) is 9.52. The van der Waals surface area contributed by atoms with Crippen molar-refractivity contribution in [3.05, 3.63) is 35.9 Å². The maximum Gasteiger partial charge on any atom is 0.318 e. The minimum Gasteiger partial charge on any atom is -0.481 e. The van der Waals surface area contributed by atoms with Crippen molar-refractivity contribution < 1.29 is 14.7 Å². The maximum atomic E-state index is 12.4. The molecule has 2 N–H and O–H groups in total. The largest absolute Gasteiger partial charge is 0.481 e. The van der Waals surface area contributed by atoms with Gasteiger partial charge in [0.2, 0.25) is 0 Å². The zero-order chi connectivity index (χ0) is 16.7. The predicted molar refractivity (Wildman–Crippen MR) is 87.6 cm³/mol. The number of nitrogens with one attached hydrogen (secondary N) is 1. The Balaban J connectivity index is 1.89. The number of carboxylic acids is 1. The fourth-order valence-electron chi connectivity index (χ4n) is 2.86. The molecule has 0 radical (unpaired) electrons. The average Bonchev–Trinajstić information content (AvgIpc) is 2.56. The number of carboxylic acid groups (broad SMARTS) is 1. The molecule has 122 valence electrons. The second-order valence-electron chi connectivity index (χ2n) is 5.88. The molecular weight excluding hydrogens is 292 g/mol. The van der Waals surface area contributed by atoms with Gasteiger partial charge in [0, 0.05) is 12.6 Å². The first kappa shape index (κ1) is 16.9. The van der Waals surface area contributed by atoms with Gasteiger partial charge in [-0.05, 0) is 31.2 Å². The van der Waals surface area contributed by atoms with E-state index in [4.69, 9.17) is 11.5 Å². The van der Waals surface area contributed by atoms with E-state index >= 15 is 0 Å². The third kappa shape index (κ3) is 5.03. The number of hydrogen-bond acceptors (Lipinski definition) is 2. The summed E-state index contributed by atoms with van der Waals surface area (Å²) < 4.78 is 0. The zero-order valence-corrected chi connectivity index (χ0v) is 13.1. The summed E-state index contributed by atoms with van der Waals surface area (Å²) in [6.45, 7) is 0.701. The van der Waals surface area contributed by atoms with Gasteiger partial charge in [-0.2, -0.15) is 0 Å². The molecule has 1 aliphatic rings. The van der Waals surface area contributed by atoms with E-state index < -0.39 is 5.97 Å². The van der Waals surface area contributed by atoms with Gasteiger partial charge in [-0.1, -0.05) is 36.3 Å². The van der Waals surface area contributed by atoms with Crippen LogP contribution in [0.1, 0.15) is 31.2 Å². The lowest BCUT2D eigenvalue weighted by atomic mass is 9.86. The summed E-state index contributed by atoms with van der Waals surface area (Å²) in [7, 11) is 0. The number of carbonyl (C=O) groups excluding carboxylic acids is 1. The molecule has 2 amide bonds. The highest BCUT2D eigenvalue weighted by Gasteiger charge is 2.27. The van der Waals surface area contributed by atoms with Crippen LogP contribution in [0.25, 0.3) is 0 Å². The van der Waals surface area contributed by atoms with Crippen LogP contribution in [-0.2, 0) is 11.3 Å². The first-order valence-electron chi connectivity index (χ1n) is 7.85. The van der Waals surface area contributed by atoms with E-state index in [-0.39, 0.29) is 24.5 Å². The van der Waals surface area contributed by atoms with E-state index in [0.29, 0.717) is 32.2 Å². The van der Waals surface area contributed by atoms with Crippen LogP contribution in [0, 0.1) is 18.3 Å². The molecule has 23 heavy (non-hydrogen) atoms. The summed E-state index contributed by atoms with van der Waals surface area (Å²) in [5.74, 6) is 1.49. The van der Waals surface area contributed by atoms with Gasteiger partial charge >= 0.3 is 12.0 Å². The van der Waals surface area contributed by atoms with E-state index in [1.54, 1.807) is 4.90 Å². The topological polar surface area (TPSA) is 69.6 Å². The number of urea groups is 1. The molecule has 5 heteroatoms. The normalized spacial score (nSPS) is 20.3. The first-order chi connectivity index (χ1) is 11.1. The number of aliphatic carboxylic acids is 1. The molecule has 0 bridgehead atoms. The molecule has 0 aromatic heterocycles. The van der Waals surface area contributed by atoms with E-state index in [0.717, 1.165) is 5.56 Å². The molecule has 1 saturated carbocycles. The van der Waals surface area contributed by atoms with Crippen molar-refractivity contribution in [1.29, 1.82) is 0 Å². The highest BCUT2D eigenvalue weighted by Crippen LogP contribution is 2.24. The molecule has 1 aliphatic carbocycles. The van der Waals surface area contributed by atoms with Crippen LogP contribution in [0.2, 0.25) is 0 Å². The lowest BCUT2D eigenvalue weighted by Crippen LogP contribution is -2.46. The lowest BCUT2D eigenvalue weighted by molar-refractivity contribution is -0.142. The predicted octanol–water partition coefficient (Wildman–Crippen LogP) is 2.47. The number of carbonyl (C=O) groups is 2. The maximum absolute atomic E-state index is 12.4. The summed E-state index contributed by atoms with van der Waals surface area (Å²) >= 11 is 0. The number of amides is 2. The van der Waals surface area contributed by atoms with Crippen LogP contribution in [-0.4, -0.2) is 34.6 Å². The monoisotopic (exact) mass is 314 g/mol. The Hall–Kier alpha value is -2.48. The molecule has 0 heterocycles. The summed E-state index contributed by atoms with van der Waals surface area (Å²) in [4.78, 5) is 25.0. The van der Waals surface area contributed by atoms with Crippen LogP contribution in [0.4, 0.5) is 4.79 Å². The van der Waals surface area contributed by atoms with Gasteiger partial charge in [-0.25, -0.2) is 4.79 Å². The highest BCUT2D eigenvalue weighted by atomic mass is 16.4. The molecule has 1 fully saturated rings. The fourth-order valence-corrected chi connectivity index (χ4v) is 2.86. The van der Waals surface area contributed by atoms with Crippen LogP contribution in [0.3, 0.4) is 0 Å². The minimum absolute atomic E-state index is 0.0224.